The minimum Gasteiger partial charge on any atom is -0.369 e. The lowest BCUT2D eigenvalue weighted by Gasteiger charge is -2.05. The molecule has 1 unspecified atom stereocenters. The number of nitrogens with one attached hydrogen (secondary N) is 1. The standard InChI is InChI=1S/C8H11N3OS/c9-8-10-3-6(7(12)11-8)5-1-2-13-4-5/h3,5H,1-2,4H2,(H3,9,10,11,12). The van der Waals surface area contributed by atoms with Gasteiger partial charge in [0.25, 0.3) is 5.56 Å². The van der Waals surface area contributed by atoms with E-state index >= 15 is 0 Å². The predicted molar refractivity (Wildman–Crippen MR) is 54.0 cm³/mol. The van der Waals surface area contributed by atoms with E-state index < -0.39 is 0 Å². The van der Waals surface area contributed by atoms with Gasteiger partial charge < -0.3 is 5.73 Å². The third-order valence-corrected chi connectivity index (χ3v) is 3.38. The van der Waals surface area contributed by atoms with Gasteiger partial charge in [-0.2, -0.15) is 11.8 Å². The Hall–Kier alpha value is -0.970. The summed E-state index contributed by atoms with van der Waals surface area (Å²) in [6, 6.07) is 0. The number of nitrogen functional groups attached to an aromatic ring is 1. The van der Waals surface area contributed by atoms with Crippen molar-refractivity contribution in [1.82, 2.24) is 9.97 Å². The fraction of sp³-hybridized carbons (Fsp3) is 0.500. The maximum Gasteiger partial charge on any atom is 0.255 e. The second-order valence-corrected chi connectivity index (χ2v) is 4.26. The second-order valence-electron chi connectivity index (χ2n) is 3.11. The Balaban J connectivity index is 2.34. The summed E-state index contributed by atoms with van der Waals surface area (Å²) in [5.74, 6) is 2.71. The SMILES string of the molecule is Nc1ncc(C2CCSC2)c(=O)[nH]1. The average Bonchev–Trinajstić information content (AvgIpc) is 2.56. The van der Waals surface area contributed by atoms with Crippen LogP contribution >= 0.6 is 11.8 Å². The minimum atomic E-state index is -0.0833. The molecular weight excluding hydrogens is 186 g/mol. The first kappa shape index (κ1) is 8.62. The van der Waals surface area contributed by atoms with Crippen LogP contribution in [0.4, 0.5) is 5.95 Å². The molecule has 13 heavy (non-hydrogen) atoms. The highest BCUT2D eigenvalue weighted by Gasteiger charge is 2.20. The van der Waals surface area contributed by atoms with E-state index in [0.717, 1.165) is 23.5 Å². The zero-order valence-electron chi connectivity index (χ0n) is 7.12. The molecule has 0 bridgehead atoms. The van der Waals surface area contributed by atoms with Gasteiger partial charge in [-0.1, -0.05) is 0 Å². The Kier molecular flexibility index (Phi) is 2.26. The number of rotatable bonds is 1. The summed E-state index contributed by atoms with van der Waals surface area (Å²) in [6.45, 7) is 0. The van der Waals surface area contributed by atoms with Crippen molar-refractivity contribution >= 4 is 17.7 Å². The molecule has 1 aliphatic rings. The zero-order valence-corrected chi connectivity index (χ0v) is 7.93. The molecule has 0 aliphatic carbocycles. The molecule has 1 aliphatic heterocycles. The molecule has 1 aromatic heterocycles. The first-order chi connectivity index (χ1) is 6.27. The highest BCUT2D eigenvalue weighted by molar-refractivity contribution is 7.99. The highest BCUT2D eigenvalue weighted by Crippen LogP contribution is 2.30. The molecule has 3 N–H and O–H groups in total. The number of aromatic amines is 1. The molecule has 1 saturated heterocycles. The van der Waals surface area contributed by atoms with Gasteiger partial charge in [-0.05, 0) is 12.2 Å². The van der Waals surface area contributed by atoms with Crippen molar-refractivity contribution in [3.05, 3.63) is 22.1 Å². The number of aromatic nitrogens is 2. The van der Waals surface area contributed by atoms with Gasteiger partial charge in [0.2, 0.25) is 0 Å². The van der Waals surface area contributed by atoms with Crippen molar-refractivity contribution in [3.63, 3.8) is 0 Å². The van der Waals surface area contributed by atoms with Crippen molar-refractivity contribution in [1.29, 1.82) is 0 Å². The lowest BCUT2D eigenvalue weighted by atomic mass is 10.0. The first-order valence-electron chi connectivity index (χ1n) is 4.20. The molecule has 0 amide bonds. The van der Waals surface area contributed by atoms with Crippen LogP contribution < -0.4 is 11.3 Å². The summed E-state index contributed by atoms with van der Waals surface area (Å²) < 4.78 is 0. The number of nitrogens with two attached hydrogens (primary N) is 1. The third kappa shape index (κ3) is 1.70. The number of nitrogens with zero attached hydrogens (tertiary/aromatic N) is 1. The Morgan fingerprint density at radius 1 is 1.69 bits per heavy atom. The molecule has 1 fully saturated rings. The van der Waals surface area contributed by atoms with Crippen molar-refractivity contribution < 1.29 is 0 Å². The molecule has 4 nitrogen and oxygen atoms in total. The third-order valence-electron chi connectivity index (χ3n) is 2.22. The maximum absolute atomic E-state index is 11.4. The molecule has 1 aromatic rings. The van der Waals surface area contributed by atoms with E-state index in [1.54, 1.807) is 6.20 Å². The van der Waals surface area contributed by atoms with E-state index in [4.69, 9.17) is 5.73 Å². The monoisotopic (exact) mass is 197 g/mol. The number of thioether (sulfide) groups is 1. The summed E-state index contributed by atoms with van der Waals surface area (Å²) in [5, 5.41) is 0. The Morgan fingerprint density at radius 2 is 2.54 bits per heavy atom. The number of hydrogen-bond donors (Lipinski definition) is 2. The van der Waals surface area contributed by atoms with Gasteiger partial charge >= 0.3 is 0 Å². The maximum atomic E-state index is 11.4. The molecule has 2 heterocycles. The Labute approximate surface area is 79.9 Å². The van der Waals surface area contributed by atoms with E-state index in [1.807, 2.05) is 11.8 Å². The second kappa shape index (κ2) is 3.41. The van der Waals surface area contributed by atoms with Gasteiger partial charge in [0, 0.05) is 23.4 Å². The smallest absolute Gasteiger partial charge is 0.255 e. The predicted octanol–water partition coefficient (Wildman–Crippen LogP) is 0.573. The van der Waals surface area contributed by atoms with Crippen LogP contribution in [0.3, 0.4) is 0 Å². The van der Waals surface area contributed by atoms with E-state index in [1.165, 1.54) is 0 Å². The van der Waals surface area contributed by atoms with Gasteiger partial charge in [-0.3, -0.25) is 9.78 Å². The molecule has 2 rings (SSSR count). The van der Waals surface area contributed by atoms with E-state index in [0.29, 0.717) is 5.92 Å². The molecule has 0 spiro atoms. The van der Waals surface area contributed by atoms with Crippen LogP contribution in [-0.4, -0.2) is 21.5 Å². The fourth-order valence-corrected chi connectivity index (χ4v) is 2.74. The molecule has 0 saturated carbocycles. The van der Waals surface area contributed by atoms with Crippen LogP contribution in [0.2, 0.25) is 0 Å². The van der Waals surface area contributed by atoms with E-state index in [9.17, 15) is 4.79 Å². The average molecular weight is 197 g/mol. The Morgan fingerprint density at radius 3 is 3.15 bits per heavy atom. The number of H-pyrrole nitrogens is 1. The summed E-state index contributed by atoms with van der Waals surface area (Å²) in [7, 11) is 0. The normalized spacial score (nSPS) is 22.0. The molecule has 5 heteroatoms. The molecule has 0 radical (unpaired) electrons. The summed E-state index contributed by atoms with van der Waals surface area (Å²) in [5.41, 5.74) is 6.05. The van der Waals surface area contributed by atoms with Crippen molar-refractivity contribution in [2.24, 2.45) is 0 Å². The minimum absolute atomic E-state index is 0.0833. The zero-order chi connectivity index (χ0) is 9.26. The molecule has 1 atom stereocenters. The fourth-order valence-electron chi connectivity index (χ4n) is 1.49. The van der Waals surface area contributed by atoms with Gasteiger partial charge in [-0.15, -0.1) is 0 Å². The van der Waals surface area contributed by atoms with Crippen LogP contribution in [0.15, 0.2) is 11.0 Å². The van der Waals surface area contributed by atoms with Crippen LogP contribution in [-0.2, 0) is 0 Å². The molecular formula is C8H11N3OS. The summed E-state index contributed by atoms with van der Waals surface area (Å²) >= 11 is 1.88. The largest absolute Gasteiger partial charge is 0.369 e. The lowest BCUT2D eigenvalue weighted by Crippen LogP contribution is -2.18. The van der Waals surface area contributed by atoms with Crippen LogP contribution in [0, 0.1) is 0 Å². The van der Waals surface area contributed by atoms with E-state index in [-0.39, 0.29) is 11.5 Å². The summed E-state index contributed by atoms with van der Waals surface area (Å²) in [6.07, 6.45) is 2.67. The highest BCUT2D eigenvalue weighted by atomic mass is 32.2. The quantitative estimate of drug-likeness (QED) is 0.690. The van der Waals surface area contributed by atoms with Gasteiger partial charge in [0.15, 0.2) is 5.95 Å². The topological polar surface area (TPSA) is 71.8 Å². The van der Waals surface area contributed by atoms with Gasteiger partial charge in [0.05, 0.1) is 0 Å². The van der Waals surface area contributed by atoms with Crippen LogP contribution in [0.5, 0.6) is 0 Å². The van der Waals surface area contributed by atoms with Gasteiger partial charge in [-0.25, -0.2) is 4.98 Å². The van der Waals surface area contributed by atoms with Crippen molar-refractivity contribution in [2.45, 2.75) is 12.3 Å². The van der Waals surface area contributed by atoms with Gasteiger partial charge in [0.1, 0.15) is 0 Å². The lowest BCUT2D eigenvalue weighted by molar-refractivity contribution is 0.761. The van der Waals surface area contributed by atoms with Crippen molar-refractivity contribution in [3.8, 4) is 0 Å². The first-order valence-corrected chi connectivity index (χ1v) is 5.35. The number of anilines is 1. The van der Waals surface area contributed by atoms with Crippen LogP contribution in [0.1, 0.15) is 17.9 Å². The number of hydrogen-bond acceptors (Lipinski definition) is 4. The van der Waals surface area contributed by atoms with Crippen LogP contribution in [0.25, 0.3) is 0 Å². The van der Waals surface area contributed by atoms with Crippen molar-refractivity contribution in [2.75, 3.05) is 17.2 Å². The Bertz CT molecular complexity index is 357. The summed E-state index contributed by atoms with van der Waals surface area (Å²) in [4.78, 5) is 17.9. The van der Waals surface area contributed by atoms with E-state index in [2.05, 4.69) is 9.97 Å². The molecule has 0 aromatic carbocycles. The molecule has 70 valence electrons.